The van der Waals surface area contributed by atoms with Crippen molar-refractivity contribution in [1.82, 2.24) is 9.80 Å². The zero-order valence-corrected chi connectivity index (χ0v) is 15.6. The van der Waals surface area contributed by atoms with Crippen LogP contribution in [0.15, 0.2) is 30.3 Å². The smallest absolute Gasteiger partial charge is 0.410 e. The van der Waals surface area contributed by atoms with E-state index in [4.69, 9.17) is 9.47 Å². The number of rotatable bonds is 8. The average molecular weight is 378 g/mol. The van der Waals surface area contributed by atoms with Gasteiger partial charge in [-0.15, -0.1) is 0 Å². The maximum atomic E-state index is 12.2. The first-order valence-electron chi connectivity index (χ1n) is 8.98. The first kappa shape index (κ1) is 20.7. The summed E-state index contributed by atoms with van der Waals surface area (Å²) in [6.45, 7) is 2.58. The minimum absolute atomic E-state index is 0.0228. The van der Waals surface area contributed by atoms with Crippen LogP contribution in [0.2, 0.25) is 0 Å². The molecule has 0 spiro atoms. The molecule has 0 aliphatic carbocycles. The molecular weight excluding hydrogens is 352 g/mol. The van der Waals surface area contributed by atoms with E-state index in [0.717, 1.165) is 5.56 Å². The molecule has 148 valence electrons. The second kappa shape index (κ2) is 11.2. The summed E-state index contributed by atoms with van der Waals surface area (Å²) >= 11 is 0. The quantitative estimate of drug-likeness (QED) is 0.503. The van der Waals surface area contributed by atoms with E-state index in [1.165, 1.54) is 7.11 Å². The highest BCUT2D eigenvalue weighted by molar-refractivity contribution is 5.77. The molecule has 0 N–H and O–H groups in total. The van der Waals surface area contributed by atoms with Gasteiger partial charge in [-0.25, -0.2) is 4.79 Å². The highest BCUT2D eigenvalue weighted by Crippen LogP contribution is 2.08. The summed E-state index contributed by atoms with van der Waals surface area (Å²) in [6, 6.07) is 9.50. The molecule has 1 aliphatic rings. The second-order valence-corrected chi connectivity index (χ2v) is 6.10. The van der Waals surface area contributed by atoms with Crippen LogP contribution in [0, 0.1) is 0 Å². The third-order valence-corrected chi connectivity index (χ3v) is 4.23. The molecule has 0 bridgehead atoms. The van der Waals surface area contributed by atoms with E-state index in [-0.39, 0.29) is 50.6 Å². The van der Waals surface area contributed by atoms with Crippen molar-refractivity contribution in [3.8, 4) is 0 Å². The molecular formula is C19H26N2O6. The third kappa shape index (κ3) is 7.26. The lowest BCUT2D eigenvalue weighted by Crippen LogP contribution is -2.50. The van der Waals surface area contributed by atoms with Crippen molar-refractivity contribution in [3.63, 3.8) is 0 Å². The van der Waals surface area contributed by atoms with Gasteiger partial charge in [0.25, 0.3) is 0 Å². The standard InChI is InChI=1S/C19H26N2O6/c1-25-18(23)8-14-26-13-7-17(22)20-9-11-21(12-10-20)19(24)27-15-16-5-3-2-4-6-16/h2-6H,7-15H2,1H3. The number of ether oxygens (including phenoxy) is 3. The Labute approximate surface area is 159 Å². The maximum Gasteiger partial charge on any atom is 0.410 e. The fourth-order valence-corrected chi connectivity index (χ4v) is 2.63. The Morgan fingerprint density at radius 1 is 0.926 bits per heavy atom. The molecule has 8 nitrogen and oxygen atoms in total. The van der Waals surface area contributed by atoms with Crippen molar-refractivity contribution in [2.45, 2.75) is 19.4 Å². The Morgan fingerprint density at radius 3 is 2.22 bits per heavy atom. The van der Waals surface area contributed by atoms with Crippen LogP contribution in [0.25, 0.3) is 0 Å². The number of hydrogen-bond donors (Lipinski definition) is 0. The Bertz CT molecular complexity index is 614. The van der Waals surface area contributed by atoms with Crippen LogP contribution in [0.1, 0.15) is 18.4 Å². The molecule has 2 amide bonds. The van der Waals surface area contributed by atoms with E-state index < -0.39 is 0 Å². The molecule has 0 radical (unpaired) electrons. The zero-order chi connectivity index (χ0) is 19.5. The van der Waals surface area contributed by atoms with Crippen LogP contribution in [0.3, 0.4) is 0 Å². The number of esters is 1. The summed E-state index contributed by atoms with van der Waals surface area (Å²) < 4.78 is 15.1. The summed E-state index contributed by atoms with van der Waals surface area (Å²) in [4.78, 5) is 38.5. The zero-order valence-electron chi connectivity index (χ0n) is 15.6. The van der Waals surface area contributed by atoms with Gasteiger partial charge in [-0.2, -0.15) is 0 Å². The number of hydrogen-bond acceptors (Lipinski definition) is 6. The Balaban J connectivity index is 1.60. The SMILES string of the molecule is COC(=O)CCOCCC(=O)N1CCN(C(=O)OCc2ccccc2)CC1. The second-order valence-electron chi connectivity index (χ2n) is 6.10. The normalized spacial score (nSPS) is 14.0. The maximum absolute atomic E-state index is 12.2. The van der Waals surface area contributed by atoms with Crippen LogP contribution in [0.5, 0.6) is 0 Å². The van der Waals surface area contributed by atoms with Gasteiger partial charge in [0.05, 0.1) is 33.2 Å². The van der Waals surface area contributed by atoms with Gasteiger partial charge >= 0.3 is 12.1 Å². The number of carbonyl (C=O) groups is 3. The van der Waals surface area contributed by atoms with E-state index in [1.54, 1.807) is 9.80 Å². The first-order valence-corrected chi connectivity index (χ1v) is 8.98. The lowest BCUT2D eigenvalue weighted by Gasteiger charge is -2.34. The van der Waals surface area contributed by atoms with E-state index in [0.29, 0.717) is 26.2 Å². The fourth-order valence-electron chi connectivity index (χ4n) is 2.63. The molecule has 0 aromatic heterocycles. The van der Waals surface area contributed by atoms with Crippen molar-refractivity contribution in [1.29, 1.82) is 0 Å². The predicted octanol–water partition coefficient (Wildman–Crippen LogP) is 1.44. The minimum Gasteiger partial charge on any atom is -0.469 e. The van der Waals surface area contributed by atoms with Gasteiger partial charge in [-0.05, 0) is 5.56 Å². The van der Waals surface area contributed by atoms with Gasteiger partial charge in [0, 0.05) is 26.2 Å². The molecule has 1 heterocycles. The molecule has 2 rings (SSSR count). The van der Waals surface area contributed by atoms with Gasteiger partial charge < -0.3 is 24.0 Å². The molecule has 8 heteroatoms. The highest BCUT2D eigenvalue weighted by atomic mass is 16.6. The monoisotopic (exact) mass is 378 g/mol. The molecule has 27 heavy (non-hydrogen) atoms. The van der Waals surface area contributed by atoms with E-state index >= 15 is 0 Å². The predicted molar refractivity (Wildman–Crippen MR) is 96.8 cm³/mol. The van der Waals surface area contributed by atoms with Crippen LogP contribution in [-0.2, 0) is 30.4 Å². The summed E-state index contributed by atoms with van der Waals surface area (Å²) in [7, 11) is 1.32. The largest absolute Gasteiger partial charge is 0.469 e. The molecule has 1 saturated heterocycles. The molecule has 1 aromatic rings. The third-order valence-electron chi connectivity index (χ3n) is 4.23. The van der Waals surface area contributed by atoms with Gasteiger partial charge in [0.2, 0.25) is 5.91 Å². The van der Waals surface area contributed by atoms with Crippen LogP contribution in [-0.4, -0.2) is 74.3 Å². The highest BCUT2D eigenvalue weighted by Gasteiger charge is 2.24. The number of amides is 2. The van der Waals surface area contributed by atoms with E-state index in [2.05, 4.69) is 4.74 Å². The Morgan fingerprint density at radius 2 is 1.56 bits per heavy atom. The van der Waals surface area contributed by atoms with Gasteiger partial charge in [-0.3, -0.25) is 9.59 Å². The number of benzene rings is 1. The number of piperazine rings is 1. The summed E-state index contributed by atoms with van der Waals surface area (Å²) in [5.41, 5.74) is 0.937. The molecule has 1 aliphatic heterocycles. The Hall–Kier alpha value is -2.61. The number of methoxy groups -OCH3 is 1. The summed E-state index contributed by atoms with van der Waals surface area (Å²) in [6.07, 6.45) is 0.0609. The van der Waals surface area contributed by atoms with Gasteiger partial charge in [0.15, 0.2) is 0 Å². The molecule has 1 aromatic carbocycles. The van der Waals surface area contributed by atoms with E-state index in [1.807, 2.05) is 30.3 Å². The lowest BCUT2D eigenvalue weighted by atomic mass is 10.2. The minimum atomic E-state index is -0.364. The van der Waals surface area contributed by atoms with Gasteiger partial charge in [0.1, 0.15) is 6.61 Å². The number of carbonyl (C=O) groups excluding carboxylic acids is 3. The van der Waals surface area contributed by atoms with Crippen LogP contribution in [0.4, 0.5) is 4.79 Å². The van der Waals surface area contributed by atoms with Crippen molar-refractivity contribution in [2.75, 3.05) is 46.5 Å². The topological polar surface area (TPSA) is 85.4 Å². The summed E-state index contributed by atoms with van der Waals surface area (Å²) in [5.74, 6) is -0.359. The van der Waals surface area contributed by atoms with Crippen LogP contribution >= 0.6 is 0 Å². The first-order chi connectivity index (χ1) is 13.1. The molecule has 0 saturated carbocycles. The molecule has 0 atom stereocenters. The van der Waals surface area contributed by atoms with Crippen molar-refractivity contribution in [3.05, 3.63) is 35.9 Å². The Kier molecular flexibility index (Phi) is 8.57. The van der Waals surface area contributed by atoms with Crippen molar-refractivity contribution in [2.24, 2.45) is 0 Å². The molecule has 1 fully saturated rings. The van der Waals surface area contributed by atoms with Crippen molar-refractivity contribution >= 4 is 18.0 Å². The fraction of sp³-hybridized carbons (Fsp3) is 0.526. The van der Waals surface area contributed by atoms with Gasteiger partial charge in [-0.1, -0.05) is 30.3 Å². The lowest BCUT2D eigenvalue weighted by molar-refractivity contribution is -0.141. The van der Waals surface area contributed by atoms with E-state index in [9.17, 15) is 14.4 Å². The van der Waals surface area contributed by atoms with Crippen molar-refractivity contribution < 1.29 is 28.6 Å². The van der Waals surface area contributed by atoms with Crippen LogP contribution < -0.4 is 0 Å². The summed E-state index contributed by atoms with van der Waals surface area (Å²) in [5, 5.41) is 0. The average Bonchev–Trinajstić information content (AvgIpc) is 2.72. The number of nitrogens with zero attached hydrogens (tertiary/aromatic N) is 2. The molecule has 0 unspecified atom stereocenters.